The molecule has 5 heteroatoms. The lowest BCUT2D eigenvalue weighted by Gasteiger charge is -2.01. The Balaban J connectivity index is 2.63. The van der Waals surface area contributed by atoms with Gasteiger partial charge in [-0.25, -0.2) is 9.78 Å². The molecule has 2 aromatic heterocycles. The summed E-state index contributed by atoms with van der Waals surface area (Å²) in [6.45, 7) is 4.08. The summed E-state index contributed by atoms with van der Waals surface area (Å²) < 4.78 is 5.02. The summed E-state index contributed by atoms with van der Waals surface area (Å²) in [7, 11) is 0. The Hall–Kier alpha value is -1.91. The molecule has 0 aliphatic carbocycles. The van der Waals surface area contributed by atoms with E-state index in [1.54, 1.807) is 0 Å². The highest BCUT2D eigenvalue weighted by Crippen LogP contribution is 2.22. The molecular formula is C11H12N2O3. The molecule has 0 radical (unpaired) electrons. The Morgan fingerprint density at radius 2 is 2.31 bits per heavy atom. The van der Waals surface area contributed by atoms with Gasteiger partial charge in [0.05, 0.1) is 16.6 Å². The van der Waals surface area contributed by atoms with Gasteiger partial charge in [0.1, 0.15) is 0 Å². The van der Waals surface area contributed by atoms with Crippen LogP contribution in [0.5, 0.6) is 0 Å². The van der Waals surface area contributed by atoms with Crippen LogP contribution in [0.3, 0.4) is 0 Å². The van der Waals surface area contributed by atoms with Crippen molar-refractivity contribution in [3.8, 4) is 0 Å². The van der Waals surface area contributed by atoms with Crippen LogP contribution in [0.15, 0.2) is 16.8 Å². The van der Waals surface area contributed by atoms with Gasteiger partial charge in [0.25, 0.3) is 5.71 Å². The van der Waals surface area contributed by atoms with Crippen molar-refractivity contribution >= 4 is 17.1 Å². The van der Waals surface area contributed by atoms with Crippen molar-refractivity contribution in [1.29, 1.82) is 0 Å². The zero-order chi connectivity index (χ0) is 11.7. The van der Waals surface area contributed by atoms with Crippen LogP contribution in [0, 0.1) is 5.92 Å². The number of fused-ring (bicyclic) bond motifs is 1. The standard InChI is InChI=1S/C11H12N2O3/c1-6(2)5-8-9-7(11(14)15)3-4-12-10(9)16-13-8/h3-4,6H,5H2,1-2H3,(H,14,15). The first-order valence-corrected chi connectivity index (χ1v) is 5.06. The highest BCUT2D eigenvalue weighted by atomic mass is 16.5. The van der Waals surface area contributed by atoms with Crippen LogP contribution in [0.4, 0.5) is 0 Å². The van der Waals surface area contributed by atoms with Crippen LogP contribution in [-0.4, -0.2) is 21.2 Å². The van der Waals surface area contributed by atoms with Crippen molar-refractivity contribution in [2.24, 2.45) is 5.92 Å². The zero-order valence-corrected chi connectivity index (χ0v) is 9.10. The van der Waals surface area contributed by atoms with Crippen LogP contribution in [-0.2, 0) is 6.42 Å². The van der Waals surface area contributed by atoms with Gasteiger partial charge in [-0.1, -0.05) is 19.0 Å². The largest absolute Gasteiger partial charge is 0.478 e. The van der Waals surface area contributed by atoms with Crippen molar-refractivity contribution in [2.75, 3.05) is 0 Å². The summed E-state index contributed by atoms with van der Waals surface area (Å²) in [5.74, 6) is -0.601. The first kappa shape index (κ1) is 10.6. The third kappa shape index (κ3) is 1.76. The number of rotatable bonds is 3. The van der Waals surface area contributed by atoms with Crippen molar-refractivity contribution < 1.29 is 14.4 Å². The number of carbonyl (C=O) groups is 1. The predicted molar refractivity (Wildman–Crippen MR) is 57.3 cm³/mol. The van der Waals surface area contributed by atoms with Crippen molar-refractivity contribution in [3.63, 3.8) is 0 Å². The van der Waals surface area contributed by atoms with Gasteiger partial charge in [0.2, 0.25) is 0 Å². The lowest BCUT2D eigenvalue weighted by Crippen LogP contribution is -2.01. The van der Waals surface area contributed by atoms with Crippen molar-refractivity contribution in [2.45, 2.75) is 20.3 Å². The van der Waals surface area contributed by atoms with E-state index in [0.717, 1.165) is 0 Å². The first-order valence-electron chi connectivity index (χ1n) is 5.06. The van der Waals surface area contributed by atoms with E-state index in [1.165, 1.54) is 12.3 Å². The number of carboxylic acid groups (broad SMARTS) is 1. The molecule has 0 atom stereocenters. The minimum atomic E-state index is -0.986. The first-order chi connectivity index (χ1) is 7.59. The monoisotopic (exact) mass is 220 g/mol. The Bertz CT molecular complexity index is 531. The smallest absolute Gasteiger partial charge is 0.336 e. The fourth-order valence-electron chi connectivity index (χ4n) is 1.64. The molecule has 84 valence electrons. The molecule has 5 nitrogen and oxygen atoms in total. The second kappa shape index (κ2) is 3.92. The van der Waals surface area contributed by atoms with E-state index < -0.39 is 5.97 Å². The normalized spacial score (nSPS) is 11.2. The average Bonchev–Trinajstić information content (AvgIpc) is 2.60. The van der Waals surface area contributed by atoms with Crippen molar-refractivity contribution in [3.05, 3.63) is 23.5 Å². The molecule has 2 aromatic rings. The van der Waals surface area contributed by atoms with Gasteiger partial charge < -0.3 is 9.63 Å². The predicted octanol–water partition coefficient (Wildman–Crippen LogP) is 2.12. The molecule has 0 saturated heterocycles. The van der Waals surface area contributed by atoms with E-state index in [9.17, 15) is 4.79 Å². The second-order valence-electron chi connectivity index (χ2n) is 4.07. The lowest BCUT2D eigenvalue weighted by atomic mass is 10.0. The van der Waals surface area contributed by atoms with Crippen LogP contribution < -0.4 is 0 Å². The summed E-state index contributed by atoms with van der Waals surface area (Å²) >= 11 is 0. The van der Waals surface area contributed by atoms with Gasteiger partial charge in [-0.2, -0.15) is 0 Å². The molecule has 0 spiro atoms. The topological polar surface area (TPSA) is 76.2 Å². The number of hydrogen-bond donors (Lipinski definition) is 1. The molecule has 0 fully saturated rings. The van der Waals surface area contributed by atoms with Crippen molar-refractivity contribution in [1.82, 2.24) is 10.1 Å². The number of nitrogens with zero attached hydrogens (tertiary/aromatic N) is 2. The Morgan fingerprint density at radius 3 is 2.94 bits per heavy atom. The maximum Gasteiger partial charge on any atom is 0.336 e. The molecule has 0 amide bonds. The van der Waals surface area contributed by atoms with Crippen LogP contribution >= 0.6 is 0 Å². The second-order valence-corrected chi connectivity index (χ2v) is 4.07. The third-order valence-corrected chi connectivity index (χ3v) is 2.28. The molecular weight excluding hydrogens is 208 g/mol. The minimum absolute atomic E-state index is 0.196. The highest BCUT2D eigenvalue weighted by Gasteiger charge is 2.18. The zero-order valence-electron chi connectivity index (χ0n) is 9.10. The van der Waals surface area contributed by atoms with E-state index in [-0.39, 0.29) is 11.3 Å². The number of aromatic nitrogens is 2. The fourth-order valence-corrected chi connectivity index (χ4v) is 1.64. The highest BCUT2D eigenvalue weighted by molar-refractivity contribution is 6.01. The fraction of sp³-hybridized carbons (Fsp3) is 0.364. The molecule has 0 unspecified atom stereocenters. The van der Waals surface area contributed by atoms with E-state index in [2.05, 4.69) is 10.1 Å². The molecule has 1 N–H and O–H groups in total. The molecule has 2 rings (SSSR count). The number of aromatic carboxylic acids is 1. The summed E-state index contributed by atoms with van der Waals surface area (Å²) in [4.78, 5) is 15.0. The molecule has 0 aliphatic rings. The summed E-state index contributed by atoms with van der Waals surface area (Å²) in [6, 6.07) is 1.46. The Kier molecular flexibility index (Phi) is 2.60. The summed E-state index contributed by atoms with van der Waals surface area (Å²) in [5.41, 5.74) is 1.15. The number of pyridine rings is 1. The van der Waals surface area contributed by atoms with Crippen LogP contribution in [0.1, 0.15) is 29.9 Å². The Morgan fingerprint density at radius 1 is 1.56 bits per heavy atom. The van der Waals surface area contributed by atoms with Gasteiger partial charge in [-0.05, 0) is 18.4 Å². The third-order valence-electron chi connectivity index (χ3n) is 2.28. The van der Waals surface area contributed by atoms with Gasteiger partial charge in [-0.15, -0.1) is 0 Å². The van der Waals surface area contributed by atoms with Crippen LogP contribution in [0.25, 0.3) is 11.1 Å². The Labute approximate surface area is 92.1 Å². The molecule has 16 heavy (non-hydrogen) atoms. The van der Waals surface area contributed by atoms with Gasteiger partial charge in [0.15, 0.2) is 0 Å². The van der Waals surface area contributed by atoms with Gasteiger partial charge in [-0.3, -0.25) is 0 Å². The number of carboxylic acids is 1. The average molecular weight is 220 g/mol. The minimum Gasteiger partial charge on any atom is -0.478 e. The maximum absolute atomic E-state index is 11.1. The summed E-state index contributed by atoms with van der Waals surface area (Å²) in [6.07, 6.45) is 2.09. The molecule has 0 aliphatic heterocycles. The molecule has 2 heterocycles. The van der Waals surface area contributed by atoms with Gasteiger partial charge in [0, 0.05) is 6.20 Å². The van der Waals surface area contributed by atoms with Crippen LogP contribution in [0.2, 0.25) is 0 Å². The van der Waals surface area contributed by atoms with E-state index in [4.69, 9.17) is 9.63 Å². The lowest BCUT2D eigenvalue weighted by molar-refractivity contribution is 0.0699. The number of hydrogen-bond acceptors (Lipinski definition) is 4. The van der Waals surface area contributed by atoms with E-state index >= 15 is 0 Å². The SMILES string of the molecule is CC(C)Cc1noc2nccc(C(=O)O)c12. The van der Waals surface area contributed by atoms with Gasteiger partial charge >= 0.3 is 5.97 Å². The molecule has 0 aromatic carbocycles. The van der Waals surface area contributed by atoms with E-state index in [0.29, 0.717) is 23.4 Å². The maximum atomic E-state index is 11.1. The summed E-state index contributed by atoms with van der Waals surface area (Å²) in [5, 5.41) is 13.5. The quantitative estimate of drug-likeness (QED) is 0.857. The van der Waals surface area contributed by atoms with E-state index in [1.807, 2.05) is 13.8 Å². The molecule has 0 saturated carbocycles. The molecule has 0 bridgehead atoms.